The standard InChI is InChI=1S/C13H19N3O2S/c1-13(2,15)7-12(18)16-9-5-3-4-6-10(9)19-8-11(14)17/h3-6H,7-8,15H2,1-2H3,(H2,14,17)(H,16,18). The molecule has 1 aromatic rings. The molecule has 104 valence electrons. The monoisotopic (exact) mass is 281 g/mol. The van der Waals surface area contributed by atoms with Crippen molar-refractivity contribution >= 4 is 29.3 Å². The fraction of sp³-hybridized carbons (Fsp3) is 0.385. The first-order valence-corrected chi connectivity index (χ1v) is 6.85. The van der Waals surface area contributed by atoms with Crippen LogP contribution in [0.1, 0.15) is 20.3 Å². The molecule has 2 amide bonds. The molecule has 1 rings (SSSR count). The van der Waals surface area contributed by atoms with Crippen LogP contribution >= 0.6 is 11.8 Å². The maximum atomic E-state index is 11.8. The molecule has 0 saturated carbocycles. The molecule has 0 aliphatic carbocycles. The summed E-state index contributed by atoms with van der Waals surface area (Å²) in [5, 5.41) is 2.80. The third-order valence-electron chi connectivity index (χ3n) is 2.15. The average Bonchev–Trinajstić information content (AvgIpc) is 2.25. The summed E-state index contributed by atoms with van der Waals surface area (Å²) in [5.41, 5.74) is 11.0. The molecule has 0 fully saturated rings. The minimum atomic E-state index is -0.556. The van der Waals surface area contributed by atoms with Gasteiger partial charge < -0.3 is 16.8 Å². The van der Waals surface area contributed by atoms with E-state index in [1.165, 1.54) is 11.8 Å². The number of para-hydroxylation sites is 1. The number of nitrogens with two attached hydrogens (primary N) is 2. The third kappa shape index (κ3) is 6.26. The number of benzene rings is 1. The molecule has 0 aliphatic rings. The number of hydrogen-bond donors (Lipinski definition) is 3. The van der Waals surface area contributed by atoms with Crippen molar-refractivity contribution in [3.05, 3.63) is 24.3 Å². The second kappa shape index (κ2) is 6.58. The van der Waals surface area contributed by atoms with Gasteiger partial charge in [-0.05, 0) is 26.0 Å². The number of nitrogens with one attached hydrogen (secondary N) is 1. The Morgan fingerprint density at radius 3 is 2.53 bits per heavy atom. The summed E-state index contributed by atoms with van der Waals surface area (Å²) in [6.07, 6.45) is 0.224. The highest BCUT2D eigenvalue weighted by Crippen LogP contribution is 2.27. The quantitative estimate of drug-likeness (QED) is 0.685. The van der Waals surface area contributed by atoms with Crippen LogP contribution in [0.5, 0.6) is 0 Å². The molecule has 0 radical (unpaired) electrons. The minimum Gasteiger partial charge on any atom is -0.369 e. The topological polar surface area (TPSA) is 98.2 Å². The molecule has 0 aliphatic heterocycles. The number of amides is 2. The summed E-state index contributed by atoms with van der Waals surface area (Å²) >= 11 is 1.29. The lowest BCUT2D eigenvalue weighted by Crippen LogP contribution is -2.36. The molecule has 5 nitrogen and oxygen atoms in total. The van der Waals surface area contributed by atoms with Crippen molar-refractivity contribution in [2.45, 2.75) is 30.7 Å². The van der Waals surface area contributed by atoms with Gasteiger partial charge in [0.1, 0.15) is 0 Å². The summed E-state index contributed by atoms with van der Waals surface area (Å²) in [5.74, 6) is -0.372. The van der Waals surface area contributed by atoms with Gasteiger partial charge in [-0.3, -0.25) is 9.59 Å². The van der Waals surface area contributed by atoms with E-state index in [-0.39, 0.29) is 18.1 Å². The van der Waals surface area contributed by atoms with Gasteiger partial charge >= 0.3 is 0 Å². The zero-order valence-electron chi connectivity index (χ0n) is 11.1. The van der Waals surface area contributed by atoms with Crippen molar-refractivity contribution in [2.75, 3.05) is 11.1 Å². The van der Waals surface area contributed by atoms with Gasteiger partial charge in [-0.2, -0.15) is 0 Å². The van der Waals surface area contributed by atoms with Crippen molar-refractivity contribution in [3.63, 3.8) is 0 Å². The molecule has 0 bridgehead atoms. The Morgan fingerprint density at radius 2 is 1.95 bits per heavy atom. The van der Waals surface area contributed by atoms with Crippen LogP contribution < -0.4 is 16.8 Å². The van der Waals surface area contributed by atoms with Gasteiger partial charge in [-0.15, -0.1) is 11.8 Å². The van der Waals surface area contributed by atoms with Gasteiger partial charge in [0.2, 0.25) is 11.8 Å². The first kappa shape index (κ1) is 15.5. The highest BCUT2D eigenvalue weighted by molar-refractivity contribution is 8.00. The number of primary amides is 1. The summed E-state index contributed by atoms with van der Waals surface area (Å²) in [4.78, 5) is 23.4. The van der Waals surface area contributed by atoms with Gasteiger partial charge in [0.15, 0.2) is 0 Å². The maximum Gasteiger partial charge on any atom is 0.227 e. The van der Waals surface area contributed by atoms with E-state index in [2.05, 4.69) is 5.32 Å². The van der Waals surface area contributed by atoms with Crippen molar-refractivity contribution in [2.24, 2.45) is 11.5 Å². The van der Waals surface area contributed by atoms with Crippen LogP contribution in [-0.4, -0.2) is 23.1 Å². The van der Waals surface area contributed by atoms with Crippen LogP contribution in [0.4, 0.5) is 5.69 Å². The fourth-order valence-electron chi connectivity index (χ4n) is 1.45. The lowest BCUT2D eigenvalue weighted by molar-refractivity contribution is -0.117. The van der Waals surface area contributed by atoms with Gasteiger partial charge in [-0.25, -0.2) is 0 Å². The first-order valence-electron chi connectivity index (χ1n) is 5.87. The highest BCUT2D eigenvalue weighted by atomic mass is 32.2. The Hall–Kier alpha value is -1.53. The van der Waals surface area contributed by atoms with Crippen LogP contribution in [0.2, 0.25) is 0 Å². The SMILES string of the molecule is CC(C)(N)CC(=O)Nc1ccccc1SCC(N)=O. The van der Waals surface area contributed by atoms with E-state index in [1.54, 1.807) is 19.9 Å². The lowest BCUT2D eigenvalue weighted by atomic mass is 10.0. The molecule has 0 aromatic heterocycles. The third-order valence-corrected chi connectivity index (χ3v) is 3.24. The van der Waals surface area contributed by atoms with Crippen LogP contribution in [0.3, 0.4) is 0 Å². The number of carbonyl (C=O) groups excluding carboxylic acids is 2. The van der Waals surface area contributed by atoms with E-state index in [0.29, 0.717) is 5.69 Å². The summed E-state index contributed by atoms with van der Waals surface area (Å²) in [7, 11) is 0. The van der Waals surface area contributed by atoms with Gasteiger partial charge in [-0.1, -0.05) is 12.1 Å². The average molecular weight is 281 g/mol. The predicted octanol–water partition coefficient (Wildman–Crippen LogP) is 1.33. The normalized spacial score (nSPS) is 11.1. The van der Waals surface area contributed by atoms with Crippen molar-refractivity contribution in [1.82, 2.24) is 0 Å². The van der Waals surface area contributed by atoms with Gasteiger partial charge in [0.05, 0.1) is 11.4 Å². The first-order chi connectivity index (χ1) is 8.78. The molecular formula is C13H19N3O2S. The second-order valence-electron chi connectivity index (χ2n) is 4.96. The Morgan fingerprint density at radius 1 is 1.32 bits per heavy atom. The van der Waals surface area contributed by atoms with E-state index in [0.717, 1.165) is 4.90 Å². The van der Waals surface area contributed by atoms with E-state index in [1.807, 2.05) is 18.2 Å². The number of thioether (sulfide) groups is 1. The summed E-state index contributed by atoms with van der Waals surface area (Å²) < 4.78 is 0. The number of carbonyl (C=O) groups is 2. The lowest BCUT2D eigenvalue weighted by Gasteiger charge is -2.18. The predicted molar refractivity (Wildman–Crippen MR) is 77.9 cm³/mol. The van der Waals surface area contributed by atoms with Crippen molar-refractivity contribution in [3.8, 4) is 0 Å². The molecule has 0 unspecified atom stereocenters. The molecule has 19 heavy (non-hydrogen) atoms. The zero-order chi connectivity index (χ0) is 14.5. The smallest absolute Gasteiger partial charge is 0.227 e. The largest absolute Gasteiger partial charge is 0.369 e. The van der Waals surface area contributed by atoms with E-state index >= 15 is 0 Å². The van der Waals surface area contributed by atoms with Crippen LogP contribution in [-0.2, 0) is 9.59 Å². The second-order valence-corrected chi connectivity index (χ2v) is 5.98. The molecule has 6 heteroatoms. The molecule has 1 aromatic carbocycles. The highest BCUT2D eigenvalue weighted by Gasteiger charge is 2.17. The number of anilines is 1. The molecule has 0 saturated heterocycles. The van der Waals surface area contributed by atoms with E-state index in [9.17, 15) is 9.59 Å². The molecule has 0 atom stereocenters. The molecule has 0 heterocycles. The number of rotatable bonds is 6. The zero-order valence-corrected chi connectivity index (χ0v) is 11.9. The Kier molecular flexibility index (Phi) is 5.38. The summed E-state index contributed by atoms with van der Waals surface area (Å²) in [6.45, 7) is 3.58. The van der Waals surface area contributed by atoms with Gasteiger partial charge in [0, 0.05) is 16.9 Å². The van der Waals surface area contributed by atoms with Crippen LogP contribution in [0.15, 0.2) is 29.2 Å². The molecule has 5 N–H and O–H groups in total. The molecule has 0 spiro atoms. The Labute approximate surface area is 117 Å². The maximum absolute atomic E-state index is 11.8. The molecular weight excluding hydrogens is 262 g/mol. The number of hydrogen-bond acceptors (Lipinski definition) is 4. The van der Waals surface area contributed by atoms with Crippen molar-refractivity contribution < 1.29 is 9.59 Å². The summed E-state index contributed by atoms with van der Waals surface area (Å²) in [6, 6.07) is 7.27. The van der Waals surface area contributed by atoms with E-state index < -0.39 is 11.4 Å². The Bertz CT molecular complexity index is 469. The minimum absolute atomic E-state index is 0.153. The Balaban J connectivity index is 2.72. The van der Waals surface area contributed by atoms with Gasteiger partial charge in [0.25, 0.3) is 0 Å². The van der Waals surface area contributed by atoms with Crippen molar-refractivity contribution in [1.29, 1.82) is 0 Å². The van der Waals surface area contributed by atoms with E-state index in [4.69, 9.17) is 11.5 Å². The fourth-order valence-corrected chi connectivity index (χ4v) is 2.20. The van der Waals surface area contributed by atoms with Crippen LogP contribution in [0.25, 0.3) is 0 Å². The van der Waals surface area contributed by atoms with Crippen LogP contribution in [0, 0.1) is 0 Å².